The van der Waals surface area contributed by atoms with Crippen molar-refractivity contribution in [2.75, 3.05) is 21.2 Å². The van der Waals surface area contributed by atoms with Gasteiger partial charge in [0.25, 0.3) is 0 Å². The van der Waals surface area contributed by atoms with Crippen molar-refractivity contribution in [3.05, 3.63) is 35.9 Å². The molecule has 0 bridgehead atoms. The Balaban J connectivity index is 3.24. The predicted octanol–water partition coefficient (Wildman–Crippen LogP) is 2.74. The standard InChI is InChI=1S/C25H41N3O4/c1-16(2)18(23(31)32-10)28(9)22(30)20(24(3,4)5)27-21(29)19(26-8)25(6,7)17-14-12-11-13-15-17/h11-16,18-20,26H,1-10H3,(H,27,29)/t18-,19-,20+/m0/s1. The van der Waals surface area contributed by atoms with Crippen LogP contribution in [0.4, 0.5) is 0 Å². The first kappa shape index (κ1) is 27.6. The number of amides is 2. The zero-order chi connectivity index (χ0) is 24.9. The third kappa shape index (κ3) is 6.31. The minimum atomic E-state index is -0.826. The van der Waals surface area contributed by atoms with Gasteiger partial charge in [0.05, 0.1) is 13.2 Å². The summed E-state index contributed by atoms with van der Waals surface area (Å²) in [6.45, 7) is 13.4. The summed E-state index contributed by atoms with van der Waals surface area (Å²) in [7, 11) is 4.63. The Hall–Kier alpha value is -2.41. The molecule has 2 N–H and O–H groups in total. The summed E-state index contributed by atoms with van der Waals surface area (Å²) in [5, 5.41) is 6.09. The van der Waals surface area contributed by atoms with Crippen molar-refractivity contribution in [3.63, 3.8) is 0 Å². The lowest BCUT2D eigenvalue weighted by atomic mass is 9.76. The molecule has 1 rings (SSSR count). The fraction of sp³-hybridized carbons (Fsp3) is 0.640. The quantitative estimate of drug-likeness (QED) is 0.569. The van der Waals surface area contributed by atoms with Gasteiger partial charge in [-0.25, -0.2) is 4.79 Å². The fourth-order valence-electron chi connectivity index (χ4n) is 4.07. The maximum Gasteiger partial charge on any atom is 0.328 e. The number of rotatable bonds is 9. The van der Waals surface area contributed by atoms with Crippen LogP contribution in [0.15, 0.2) is 30.3 Å². The van der Waals surface area contributed by atoms with Crippen LogP contribution in [0.1, 0.15) is 54.0 Å². The van der Waals surface area contributed by atoms with Crippen LogP contribution >= 0.6 is 0 Å². The smallest absolute Gasteiger partial charge is 0.328 e. The average molecular weight is 448 g/mol. The van der Waals surface area contributed by atoms with Crippen molar-refractivity contribution in [2.45, 2.75) is 72.0 Å². The number of hydrogen-bond acceptors (Lipinski definition) is 5. The molecule has 0 aliphatic heterocycles. The van der Waals surface area contributed by atoms with Gasteiger partial charge in [0.2, 0.25) is 11.8 Å². The molecule has 32 heavy (non-hydrogen) atoms. The van der Waals surface area contributed by atoms with Crippen LogP contribution in [0.25, 0.3) is 0 Å². The van der Waals surface area contributed by atoms with Gasteiger partial charge in [0.1, 0.15) is 12.1 Å². The summed E-state index contributed by atoms with van der Waals surface area (Å²) >= 11 is 0. The SMILES string of the molecule is CN[C@@H](C(=O)N[C@H](C(=O)N(C)[C@H](C(=O)OC)C(C)C)C(C)(C)C)C(C)(C)c1ccccc1. The lowest BCUT2D eigenvalue weighted by Crippen LogP contribution is -2.62. The molecule has 2 amide bonds. The molecule has 1 aromatic rings. The molecule has 1 aromatic carbocycles. The van der Waals surface area contributed by atoms with E-state index >= 15 is 0 Å². The molecular formula is C25H41N3O4. The molecule has 0 aromatic heterocycles. The summed E-state index contributed by atoms with van der Waals surface area (Å²) in [6.07, 6.45) is 0. The number of carbonyl (C=O) groups is 3. The first-order valence-corrected chi connectivity index (χ1v) is 11.1. The summed E-state index contributed by atoms with van der Waals surface area (Å²) in [5.74, 6) is -1.23. The van der Waals surface area contributed by atoms with Crippen molar-refractivity contribution in [1.82, 2.24) is 15.5 Å². The second kappa shape index (κ2) is 10.9. The lowest BCUT2D eigenvalue weighted by molar-refractivity contribution is -0.155. The molecular weight excluding hydrogens is 406 g/mol. The predicted molar refractivity (Wildman–Crippen MR) is 127 cm³/mol. The summed E-state index contributed by atoms with van der Waals surface area (Å²) < 4.78 is 4.91. The summed E-state index contributed by atoms with van der Waals surface area (Å²) in [4.78, 5) is 40.7. The van der Waals surface area contributed by atoms with Gasteiger partial charge < -0.3 is 20.3 Å². The third-order valence-corrected chi connectivity index (χ3v) is 6.03. The Labute approximate surface area is 193 Å². The van der Waals surface area contributed by atoms with Crippen molar-refractivity contribution < 1.29 is 19.1 Å². The van der Waals surface area contributed by atoms with E-state index in [2.05, 4.69) is 10.6 Å². The highest BCUT2D eigenvalue weighted by Gasteiger charge is 2.42. The minimum Gasteiger partial charge on any atom is -0.467 e. The molecule has 0 saturated heterocycles. The highest BCUT2D eigenvalue weighted by molar-refractivity contribution is 5.93. The number of methoxy groups -OCH3 is 1. The molecule has 0 aliphatic rings. The van der Waals surface area contributed by atoms with E-state index in [-0.39, 0.29) is 17.7 Å². The Kier molecular flexibility index (Phi) is 9.45. The van der Waals surface area contributed by atoms with E-state index < -0.39 is 34.9 Å². The number of hydrogen-bond donors (Lipinski definition) is 2. The summed E-state index contributed by atoms with van der Waals surface area (Å²) in [5.41, 5.74) is -0.0894. The van der Waals surface area contributed by atoms with E-state index in [1.54, 1.807) is 14.1 Å². The van der Waals surface area contributed by atoms with Gasteiger partial charge in [-0.05, 0) is 23.9 Å². The number of esters is 1. The molecule has 0 spiro atoms. The second-order valence-electron chi connectivity index (χ2n) is 10.3. The van der Waals surface area contributed by atoms with Crippen molar-refractivity contribution in [1.29, 1.82) is 0 Å². The van der Waals surface area contributed by atoms with E-state index in [9.17, 15) is 14.4 Å². The molecule has 0 unspecified atom stereocenters. The zero-order valence-electron chi connectivity index (χ0n) is 21.3. The normalized spacial score (nSPS) is 15.0. The van der Waals surface area contributed by atoms with Gasteiger partial charge in [-0.2, -0.15) is 0 Å². The van der Waals surface area contributed by atoms with Crippen LogP contribution in [0.5, 0.6) is 0 Å². The molecule has 7 nitrogen and oxygen atoms in total. The topological polar surface area (TPSA) is 87.7 Å². The van der Waals surface area contributed by atoms with Crippen LogP contribution in [0.2, 0.25) is 0 Å². The lowest BCUT2D eigenvalue weighted by Gasteiger charge is -2.39. The zero-order valence-corrected chi connectivity index (χ0v) is 21.3. The van der Waals surface area contributed by atoms with Crippen LogP contribution in [-0.4, -0.2) is 62.0 Å². The van der Waals surface area contributed by atoms with Crippen LogP contribution < -0.4 is 10.6 Å². The van der Waals surface area contributed by atoms with Crippen molar-refractivity contribution in [2.24, 2.45) is 11.3 Å². The number of likely N-dealkylation sites (N-methyl/N-ethyl adjacent to an activating group) is 2. The van der Waals surface area contributed by atoms with E-state index in [0.29, 0.717) is 0 Å². The van der Waals surface area contributed by atoms with Gasteiger partial charge in [0, 0.05) is 12.5 Å². The Morgan fingerprint density at radius 3 is 1.91 bits per heavy atom. The fourth-order valence-corrected chi connectivity index (χ4v) is 4.07. The molecule has 0 fully saturated rings. The van der Waals surface area contributed by atoms with Gasteiger partial charge in [-0.1, -0.05) is 78.8 Å². The number of ether oxygens (including phenoxy) is 1. The maximum absolute atomic E-state index is 13.5. The number of nitrogens with one attached hydrogen (secondary N) is 2. The first-order valence-electron chi connectivity index (χ1n) is 11.1. The van der Waals surface area contributed by atoms with Crippen LogP contribution in [0, 0.1) is 11.3 Å². The highest BCUT2D eigenvalue weighted by Crippen LogP contribution is 2.29. The van der Waals surface area contributed by atoms with E-state index in [4.69, 9.17) is 4.74 Å². The van der Waals surface area contributed by atoms with E-state index in [0.717, 1.165) is 5.56 Å². The summed E-state index contributed by atoms with van der Waals surface area (Å²) in [6, 6.07) is 7.65. The highest BCUT2D eigenvalue weighted by atomic mass is 16.5. The van der Waals surface area contributed by atoms with Gasteiger partial charge in [-0.3, -0.25) is 9.59 Å². The third-order valence-electron chi connectivity index (χ3n) is 6.03. The molecule has 0 saturated carbocycles. The Morgan fingerprint density at radius 2 is 1.50 bits per heavy atom. The monoisotopic (exact) mass is 447 g/mol. The molecule has 3 atom stereocenters. The molecule has 0 radical (unpaired) electrons. The van der Waals surface area contributed by atoms with E-state index in [1.807, 2.05) is 78.8 Å². The van der Waals surface area contributed by atoms with E-state index in [1.165, 1.54) is 12.0 Å². The molecule has 0 aliphatic carbocycles. The van der Waals surface area contributed by atoms with Gasteiger partial charge in [0.15, 0.2) is 0 Å². The number of nitrogens with zero attached hydrogens (tertiary/aromatic N) is 1. The minimum absolute atomic E-state index is 0.144. The van der Waals surface area contributed by atoms with Gasteiger partial charge in [-0.15, -0.1) is 0 Å². The second-order valence-corrected chi connectivity index (χ2v) is 10.3. The first-order chi connectivity index (χ1) is 14.7. The van der Waals surface area contributed by atoms with Gasteiger partial charge >= 0.3 is 5.97 Å². The number of carbonyl (C=O) groups excluding carboxylic acids is 3. The Morgan fingerprint density at radius 1 is 0.969 bits per heavy atom. The largest absolute Gasteiger partial charge is 0.467 e. The maximum atomic E-state index is 13.5. The molecule has 7 heteroatoms. The van der Waals surface area contributed by atoms with Crippen molar-refractivity contribution >= 4 is 17.8 Å². The van der Waals surface area contributed by atoms with Crippen LogP contribution in [-0.2, 0) is 24.5 Å². The average Bonchev–Trinajstić information content (AvgIpc) is 2.71. The van der Waals surface area contributed by atoms with Crippen LogP contribution in [0.3, 0.4) is 0 Å². The van der Waals surface area contributed by atoms with Crippen molar-refractivity contribution in [3.8, 4) is 0 Å². The molecule has 0 heterocycles. The number of benzene rings is 1. The molecule has 180 valence electrons. The Bertz CT molecular complexity index is 784.